The molecule has 0 N–H and O–H groups in total. The van der Waals surface area contributed by atoms with Gasteiger partial charge in [-0.25, -0.2) is 0 Å². The van der Waals surface area contributed by atoms with Gasteiger partial charge in [-0.2, -0.15) is 0 Å². The Hall–Kier alpha value is -4.24. The molecule has 0 spiro atoms. The lowest BCUT2D eigenvalue weighted by Gasteiger charge is -2.39. The molecule has 0 saturated heterocycles. The van der Waals surface area contributed by atoms with Crippen LogP contribution in [0.15, 0.2) is 133 Å². The van der Waals surface area contributed by atoms with Crippen molar-refractivity contribution in [1.29, 1.82) is 0 Å². The van der Waals surface area contributed by atoms with Crippen molar-refractivity contribution in [3.05, 3.63) is 133 Å². The van der Waals surface area contributed by atoms with E-state index >= 15 is 0 Å². The van der Waals surface area contributed by atoms with Gasteiger partial charge in [0.2, 0.25) is 0 Å². The van der Waals surface area contributed by atoms with E-state index < -0.39 is 0 Å². The van der Waals surface area contributed by atoms with E-state index in [1.54, 1.807) is 0 Å². The Morgan fingerprint density at radius 1 is 0.545 bits per heavy atom. The minimum atomic E-state index is 0.0258. The Morgan fingerprint density at radius 2 is 1.18 bits per heavy atom. The smallest absolute Gasteiger partial charge is 0.328 e. The zero-order valence-electron chi connectivity index (χ0n) is 18.1. The molecule has 0 bridgehead atoms. The number of benzene rings is 5. The highest BCUT2D eigenvalue weighted by molar-refractivity contribution is 6.90. The first-order chi connectivity index (χ1) is 16.4. The Bertz CT molecular complexity index is 1390. The van der Waals surface area contributed by atoms with Crippen LogP contribution >= 0.6 is 0 Å². The molecule has 5 aromatic rings. The van der Waals surface area contributed by atoms with Crippen molar-refractivity contribution in [2.75, 3.05) is 4.81 Å². The Labute approximate surface area is 194 Å². The molecule has 5 aromatic carbocycles. The summed E-state index contributed by atoms with van der Waals surface area (Å²) in [5, 5.41) is 0. The van der Waals surface area contributed by atoms with Crippen LogP contribution in [0.3, 0.4) is 0 Å². The van der Waals surface area contributed by atoms with Gasteiger partial charge in [0.1, 0.15) is 11.5 Å². The number of hydrogen-bond acceptors (Lipinski definition) is 2. The van der Waals surface area contributed by atoms with Crippen molar-refractivity contribution in [1.82, 2.24) is 0 Å². The Morgan fingerprint density at radius 3 is 1.94 bits per heavy atom. The van der Waals surface area contributed by atoms with Gasteiger partial charge in [-0.15, -0.1) is 0 Å². The lowest BCUT2D eigenvalue weighted by Crippen LogP contribution is -2.57. The minimum absolute atomic E-state index is 0.0258. The van der Waals surface area contributed by atoms with Gasteiger partial charge in [0.15, 0.2) is 0 Å². The third-order valence-corrected chi connectivity index (χ3v) is 6.16. The first-order valence-corrected chi connectivity index (χ1v) is 11.2. The van der Waals surface area contributed by atoms with E-state index in [-0.39, 0.29) is 6.85 Å². The molecular formula is C30H22BNO. The zero-order valence-corrected chi connectivity index (χ0v) is 18.1. The van der Waals surface area contributed by atoms with Crippen LogP contribution in [0.4, 0.5) is 11.4 Å². The highest BCUT2D eigenvalue weighted by Crippen LogP contribution is 2.43. The highest BCUT2D eigenvalue weighted by atomic mass is 16.5. The Kier molecular flexibility index (Phi) is 4.93. The predicted molar refractivity (Wildman–Crippen MR) is 138 cm³/mol. The van der Waals surface area contributed by atoms with E-state index in [1.165, 1.54) is 27.9 Å². The standard InChI is InChI=1S/C30H22BNO/c1-4-13-23(14-5-1)31-27-20-12-22-29(33-25-17-8-3-9-18-25)30(27)26-19-10-11-21-28(26)32(31)24-15-6-2-7-16-24/h1-22H. The molecule has 6 rings (SSSR count). The number of anilines is 2. The molecule has 0 radical (unpaired) electrons. The number of para-hydroxylation sites is 3. The van der Waals surface area contributed by atoms with Crippen molar-refractivity contribution < 1.29 is 4.74 Å². The molecule has 1 heterocycles. The summed E-state index contributed by atoms with van der Waals surface area (Å²) in [7, 11) is 0. The summed E-state index contributed by atoms with van der Waals surface area (Å²) in [5.41, 5.74) is 7.15. The van der Waals surface area contributed by atoms with E-state index in [0.29, 0.717) is 0 Å². The molecule has 1 aliphatic rings. The lowest BCUT2D eigenvalue weighted by molar-refractivity contribution is 0.485. The number of hydrogen-bond donors (Lipinski definition) is 0. The highest BCUT2D eigenvalue weighted by Gasteiger charge is 2.38. The van der Waals surface area contributed by atoms with Crippen molar-refractivity contribution in [3.8, 4) is 22.6 Å². The van der Waals surface area contributed by atoms with Crippen LogP contribution in [0.5, 0.6) is 11.5 Å². The summed E-state index contributed by atoms with van der Waals surface area (Å²) in [6.45, 7) is 0.0258. The van der Waals surface area contributed by atoms with E-state index in [9.17, 15) is 0 Å². The summed E-state index contributed by atoms with van der Waals surface area (Å²) >= 11 is 0. The van der Waals surface area contributed by atoms with Crippen LogP contribution in [-0.2, 0) is 0 Å². The minimum Gasteiger partial charge on any atom is -0.457 e. The molecule has 1 aliphatic heterocycles. The normalized spacial score (nSPS) is 12.1. The van der Waals surface area contributed by atoms with E-state index in [1.807, 2.05) is 30.3 Å². The number of ether oxygens (including phenoxy) is 1. The maximum atomic E-state index is 6.44. The molecule has 0 amide bonds. The largest absolute Gasteiger partial charge is 0.457 e. The van der Waals surface area contributed by atoms with Crippen LogP contribution in [0.2, 0.25) is 0 Å². The fourth-order valence-electron chi connectivity index (χ4n) is 4.78. The number of rotatable bonds is 4. The molecule has 33 heavy (non-hydrogen) atoms. The summed E-state index contributed by atoms with van der Waals surface area (Å²) in [6.07, 6.45) is 0. The zero-order chi connectivity index (χ0) is 22.0. The second-order valence-corrected chi connectivity index (χ2v) is 8.17. The first-order valence-electron chi connectivity index (χ1n) is 11.2. The molecule has 0 unspecified atom stereocenters. The van der Waals surface area contributed by atoms with Crippen molar-refractivity contribution in [3.63, 3.8) is 0 Å². The summed E-state index contributed by atoms with van der Waals surface area (Å²) < 4.78 is 6.44. The number of fused-ring (bicyclic) bond motifs is 3. The SMILES string of the molecule is c1ccc(Oc2cccc3c2-c2ccccc2N(c2ccccc2)B3c2ccccc2)cc1. The molecule has 0 aliphatic carbocycles. The van der Waals surface area contributed by atoms with Gasteiger partial charge in [-0.1, -0.05) is 103 Å². The molecule has 0 saturated carbocycles. The third kappa shape index (κ3) is 3.48. The number of nitrogens with zero attached hydrogens (tertiary/aromatic N) is 1. The van der Waals surface area contributed by atoms with Gasteiger partial charge in [-0.3, -0.25) is 0 Å². The van der Waals surface area contributed by atoms with Crippen LogP contribution in [0.25, 0.3) is 11.1 Å². The molecular weight excluding hydrogens is 401 g/mol. The van der Waals surface area contributed by atoms with Gasteiger partial charge in [0.05, 0.1) is 0 Å². The van der Waals surface area contributed by atoms with Crippen molar-refractivity contribution in [2.45, 2.75) is 0 Å². The molecule has 0 fully saturated rings. The van der Waals surface area contributed by atoms with Crippen LogP contribution in [0, 0.1) is 0 Å². The lowest BCUT2D eigenvalue weighted by atomic mass is 9.45. The average molecular weight is 423 g/mol. The molecule has 156 valence electrons. The van der Waals surface area contributed by atoms with Gasteiger partial charge in [-0.05, 0) is 41.9 Å². The molecule has 2 nitrogen and oxygen atoms in total. The maximum Gasteiger partial charge on any atom is 0.328 e. The molecule has 0 aromatic heterocycles. The van der Waals surface area contributed by atoms with E-state index in [2.05, 4.69) is 108 Å². The summed E-state index contributed by atoms with van der Waals surface area (Å²) in [6, 6.07) is 46.4. The third-order valence-electron chi connectivity index (χ3n) is 6.16. The van der Waals surface area contributed by atoms with Gasteiger partial charge >= 0.3 is 6.85 Å². The van der Waals surface area contributed by atoms with Crippen LogP contribution < -0.4 is 20.5 Å². The topological polar surface area (TPSA) is 12.5 Å². The van der Waals surface area contributed by atoms with E-state index in [4.69, 9.17) is 4.74 Å². The predicted octanol–water partition coefficient (Wildman–Crippen LogP) is 6.40. The fourth-order valence-corrected chi connectivity index (χ4v) is 4.78. The Balaban J connectivity index is 1.62. The van der Waals surface area contributed by atoms with Gasteiger partial charge in [0, 0.05) is 22.5 Å². The summed E-state index contributed by atoms with van der Waals surface area (Å²) in [4.78, 5) is 2.44. The monoisotopic (exact) mass is 423 g/mol. The second kappa shape index (κ2) is 8.36. The van der Waals surface area contributed by atoms with E-state index in [0.717, 1.165) is 17.1 Å². The first kappa shape index (κ1) is 19.5. The van der Waals surface area contributed by atoms with Gasteiger partial charge < -0.3 is 9.55 Å². The van der Waals surface area contributed by atoms with Crippen molar-refractivity contribution >= 4 is 29.1 Å². The fraction of sp³-hybridized carbons (Fsp3) is 0. The second-order valence-electron chi connectivity index (χ2n) is 8.17. The average Bonchev–Trinajstić information content (AvgIpc) is 2.89. The van der Waals surface area contributed by atoms with Gasteiger partial charge in [0.25, 0.3) is 0 Å². The van der Waals surface area contributed by atoms with Crippen LogP contribution in [-0.4, -0.2) is 6.85 Å². The van der Waals surface area contributed by atoms with Crippen LogP contribution in [0.1, 0.15) is 0 Å². The van der Waals surface area contributed by atoms with Crippen molar-refractivity contribution in [2.24, 2.45) is 0 Å². The summed E-state index contributed by atoms with van der Waals surface area (Å²) in [5.74, 6) is 1.71. The molecule has 0 atom stereocenters. The quantitative estimate of drug-likeness (QED) is 0.310. The molecule has 3 heteroatoms. The maximum absolute atomic E-state index is 6.44.